The molecule has 0 radical (unpaired) electrons. The van der Waals surface area contributed by atoms with Gasteiger partial charge in [0, 0.05) is 9.37 Å². The van der Waals surface area contributed by atoms with Crippen molar-refractivity contribution >= 4 is 39.1 Å². The van der Waals surface area contributed by atoms with E-state index < -0.39 is 0 Å². The second kappa shape index (κ2) is 6.78. The van der Waals surface area contributed by atoms with E-state index >= 15 is 0 Å². The molecular formula is C15H12BrFN2S. The summed E-state index contributed by atoms with van der Waals surface area (Å²) in [7, 11) is 0. The molecule has 0 aliphatic carbocycles. The molecule has 0 aliphatic heterocycles. The third-order valence-corrected chi connectivity index (χ3v) is 4.07. The maximum Gasteiger partial charge on any atom is 0.146 e. The zero-order valence-electron chi connectivity index (χ0n) is 10.8. The molecule has 1 N–H and O–H groups in total. The zero-order valence-corrected chi connectivity index (χ0v) is 13.2. The van der Waals surface area contributed by atoms with Crippen molar-refractivity contribution in [3.63, 3.8) is 0 Å². The lowest BCUT2D eigenvalue weighted by Crippen LogP contribution is -1.97. The molecule has 20 heavy (non-hydrogen) atoms. The Morgan fingerprint density at radius 1 is 1.30 bits per heavy atom. The van der Waals surface area contributed by atoms with Crippen LogP contribution in [0.25, 0.3) is 0 Å². The third kappa shape index (κ3) is 3.33. The Kier molecular flexibility index (Phi) is 5.05. The van der Waals surface area contributed by atoms with Gasteiger partial charge in [0.2, 0.25) is 0 Å². The zero-order chi connectivity index (χ0) is 14.5. The molecule has 0 spiro atoms. The summed E-state index contributed by atoms with van der Waals surface area (Å²) < 4.78 is 14.5. The molecule has 2 aromatic carbocycles. The molecular weight excluding hydrogens is 339 g/mol. The largest absolute Gasteiger partial charge is 0.352 e. The van der Waals surface area contributed by atoms with Crippen LogP contribution < -0.4 is 5.32 Å². The minimum absolute atomic E-state index is 0.342. The molecule has 0 aromatic heterocycles. The molecule has 5 heteroatoms. The van der Waals surface area contributed by atoms with Gasteiger partial charge >= 0.3 is 0 Å². The third-order valence-electron chi connectivity index (χ3n) is 2.64. The first kappa shape index (κ1) is 14.9. The lowest BCUT2D eigenvalue weighted by Gasteiger charge is -2.12. The fourth-order valence-electron chi connectivity index (χ4n) is 1.76. The lowest BCUT2D eigenvalue weighted by atomic mass is 10.2. The SMILES string of the molecule is CCSc1cccc(Nc2cc(Br)ccc2F)c1C#N. The van der Waals surface area contributed by atoms with Gasteiger partial charge in [-0.05, 0) is 36.1 Å². The smallest absolute Gasteiger partial charge is 0.146 e. The highest BCUT2D eigenvalue weighted by molar-refractivity contribution is 9.10. The Morgan fingerprint density at radius 2 is 2.10 bits per heavy atom. The van der Waals surface area contributed by atoms with Gasteiger partial charge in [-0.3, -0.25) is 0 Å². The number of hydrogen-bond donors (Lipinski definition) is 1. The summed E-state index contributed by atoms with van der Waals surface area (Å²) in [5.41, 5.74) is 1.50. The van der Waals surface area contributed by atoms with E-state index in [1.54, 1.807) is 30.0 Å². The van der Waals surface area contributed by atoms with Crippen LogP contribution in [-0.2, 0) is 0 Å². The first-order chi connectivity index (χ1) is 9.65. The maximum atomic E-state index is 13.8. The molecule has 0 fully saturated rings. The summed E-state index contributed by atoms with van der Waals surface area (Å²) in [6.45, 7) is 2.03. The van der Waals surface area contributed by atoms with Crippen LogP contribution in [-0.4, -0.2) is 5.75 Å². The highest BCUT2D eigenvalue weighted by Crippen LogP contribution is 2.31. The summed E-state index contributed by atoms with van der Waals surface area (Å²) in [5, 5.41) is 12.3. The Bertz CT molecular complexity index is 667. The molecule has 0 atom stereocenters. The van der Waals surface area contributed by atoms with Crippen LogP contribution in [0, 0.1) is 17.1 Å². The van der Waals surface area contributed by atoms with Crippen molar-refractivity contribution in [2.75, 3.05) is 11.1 Å². The van der Waals surface area contributed by atoms with E-state index in [1.165, 1.54) is 6.07 Å². The molecule has 2 nitrogen and oxygen atoms in total. The van der Waals surface area contributed by atoms with Gasteiger partial charge in [-0.15, -0.1) is 11.8 Å². The summed E-state index contributed by atoms with van der Waals surface area (Å²) in [6.07, 6.45) is 0. The van der Waals surface area contributed by atoms with Gasteiger partial charge in [0.25, 0.3) is 0 Å². The summed E-state index contributed by atoms with van der Waals surface area (Å²) in [5.74, 6) is 0.522. The highest BCUT2D eigenvalue weighted by Gasteiger charge is 2.10. The summed E-state index contributed by atoms with van der Waals surface area (Å²) in [6, 6.07) is 12.4. The molecule has 2 aromatic rings. The Balaban J connectivity index is 2.41. The van der Waals surface area contributed by atoms with Crippen LogP contribution in [0.1, 0.15) is 12.5 Å². The van der Waals surface area contributed by atoms with E-state index in [4.69, 9.17) is 0 Å². The first-order valence-corrected chi connectivity index (χ1v) is 7.81. The number of rotatable bonds is 4. The first-order valence-electron chi connectivity index (χ1n) is 6.03. The van der Waals surface area contributed by atoms with Crippen molar-refractivity contribution in [2.45, 2.75) is 11.8 Å². The maximum absolute atomic E-state index is 13.8. The van der Waals surface area contributed by atoms with E-state index in [-0.39, 0.29) is 5.82 Å². The molecule has 0 bridgehead atoms. The monoisotopic (exact) mass is 350 g/mol. The van der Waals surface area contributed by atoms with Crippen molar-refractivity contribution in [1.82, 2.24) is 0 Å². The summed E-state index contributed by atoms with van der Waals surface area (Å²) >= 11 is 4.90. The average molecular weight is 351 g/mol. The van der Waals surface area contributed by atoms with Crippen LogP contribution in [0.5, 0.6) is 0 Å². The number of anilines is 2. The predicted octanol–water partition coefficient (Wildman–Crippen LogP) is 5.32. The fraction of sp³-hybridized carbons (Fsp3) is 0.133. The van der Waals surface area contributed by atoms with Gasteiger partial charge in [-0.1, -0.05) is 28.9 Å². The van der Waals surface area contributed by atoms with Crippen LogP contribution in [0.15, 0.2) is 45.8 Å². The molecule has 2 rings (SSSR count). The number of benzene rings is 2. The number of hydrogen-bond acceptors (Lipinski definition) is 3. The number of nitrogens with zero attached hydrogens (tertiary/aromatic N) is 1. The molecule has 0 aliphatic rings. The highest BCUT2D eigenvalue weighted by atomic mass is 79.9. The van der Waals surface area contributed by atoms with E-state index in [9.17, 15) is 9.65 Å². The van der Waals surface area contributed by atoms with Gasteiger partial charge in [0.05, 0.1) is 16.9 Å². The van der Waals surface area contributed by atoms with Crippen LogP contribution >= 0.6 is 27.7 Å². The minimum Gasteiger partial charge on any atom is -0.352 e. The minimum atomic E-state index is -0.356. The standard InChI is InChI=1S/C15H12BrFN2S/c1-2-20-15-5-3-4-13(11(15)9-18)19-14-8-10(16)6-7-12(14)17/h3-8,19H,2H2,1H3. The molecule has 0 unspecified atom stereocenters. The van der Waals surface area contributed by atoms with Crippen molar-refractivity contribution in [1.29, 1.82) is 5.26 Å². The number of thioether (sulfide) groups is 1. The Hall–Kier alpha value is -1.51. The fourth-order valence-corrected chi connectivity index (χ4v) is 2.91. The summed E-state index contributed by atoms with van der Waals surface area (Å²) in [4.78, 5) is 0.899. The molecule has 0 saturated heterocycles. The quantitative estimate of drug-likeness (QED) is 0.758. The molecule has 0 heterocycles. The number of halogens is 2. The van der Waals surface area contributed by atoms with E-state index in [0.717, 1.165) is 15.1 Å². The second-order valence-corrected chi connectivity index (χ2v) is 6.19. The van der Waals surface area contributed by atoms with Crippen molar-refractivity contribution in [3.05, 3.63) is 52.3 Å². The Labute approximate surface area is 130 Å². The van der Waals surface area contributed by atoms with Gasteiger partial charge in [0.1, 0.15) is 11.9 Å². The van der Waals surface area contributed by atoms with Gasteiger partial charge in [0.15, 0.2) is 0 Å². The average Bonchev–Trinajstić information content (AvgIpc) is 2.43. The van der Waals surface area contributed by atoms with Crippen LogP contribution in [0.2, 0.25) is 0 Å². The lowest BCUT2D eigenvalue weighted by molar-refractivity contribution is 0.631. The van der Waals surface area contributed by atoms with Crippen molar-refractivity contribution in [3.8, 4) is 6.07 Å². The normalized spacial score (nSPS) is 10.1. The van der Waals surface area contributed by atoms with E-state index in [0.29, 0.717) is 16.9 Å². The molecule has 0 amide bonds. The van der Waals surface area contributed by atoms with E-state index in [1.807, 2.05) is 19.1 Å². The Morgan fingerprint density at radius 3 is 2.80 bits per heavy atom. The topological polar surface area (TPSA) is 35.8 Å². The number of nitrogens with one attached hydrogen (secondary N) is 1. The number of nitriles is 1. The van der Waals surface area contributed by atoms with Crippen LogP contribution in [0.3, 0.4) is 0 Å². The molecule has 102 valence electrons. The van der Waals surface area contributed by atoms with Gasteiger partial charge in [-0.2, -0.15) is 5.26 Å². The van der Waals surface area contributed by atoms with Crippen molar-refractivity contribution < 1.29 is 4.39 Å². The van der Waals surface area contributed by atoms with Gasteiger partial charge < -0.3 is 5.32 Å². The van der Waals surface area contributed by atoms with Gasteiger partial charge in [-0.25, -0.2) is 4.39 Å². The van der Waals surface area contributed by atoms with Crippen molar-refractivity contribution in [2.24, 2.45) is 0 Å². The second-order valence-electron chi connectivity index (χ2n) is 3.97. The van der Waals surface area contributed by atoms with E-state index in [2.05, 4.69) is 27.3 Å². The van der Waals surface area contributed by atoms with Crippen LogP contribution in [0.4, 0.5) is 15.8 Å². The molecule has 0 saturated carbocycles. The predicted molar refractivity (Wildman–Crippen MR) is 84.9 cm³/mol.